The van der Waals surface area contributed by atoms with E-state index in [0.29, 0.717) is 23.4 Å². The van der Waals surface area contributed by atoms with E-state index < -0.39 is 5.97 Å². The number of nitrogens with one attached hydrogen (secondary N) is 1. The summed E-state index contributed by atoms with van der Waals surface area (Å²) >= 11 is 0.998. The van der Waals surface area contributed by atoms with E-state index in [1.165, 1.54) is 0 Å². The topological polar surface area (TPSA) is 95.0 Å². The second-order valence-electron chi connectivity index (χ2n) is 6.44. The van der Waals surface area contributed by atoms with Crippen molar-refractivity contribution in [2.75, 3.05) is 51.3 Å². The van der Waals surface area contributed by atoms with E-state index in [0.717, 1.165) is 63.6 Å². The molecule has 2 aliphatic rings. The number of nitrogens with zero attached hydrogens (tertiary/aromatic N) is 3. The molecule has 2 saturated heterocycles. The van der Waals surface area contributed by atoms with Crippen LogP contribution in [0.4, 0.5) is 5.13 Å². The highest BCUT2D eigenvalue weighted by atomic mass is 32.1. The number of aryl methyl sites for hydroxylation is 1. The Morgan fingerprint density at radius 2 is 1.96 bits per heavy atom. The SMILES string of the molecule is Cc1nc(NC(=O)CN2CCC(N3CCOCC3)CC2)sc1C(=O)O. The monoisotopic (exact) mass is 368 g/mol. The van der Waals surface area contributed by atoms with Crippen molar-refractivity contribution in [1.82, 2.24) is 14.8 Å². The summed E-state index contributed by atoms with van der Waals surface area (Å²) in [6, 6.07) is 0.586. The van der Waals surface area contributed by atoms with Gasteiger partial charge in [-0.15, -0.1) is 0 Å². The van der Waals surface area contributed by atoms with Gasteiger partial charge in [0.25, 0.3) is 0 Å². The van der Waals surface area contributed by atoms with Crippen molar-refractivity contribution in [2.24, 2.45) is 0 Å². The fraction of sp³-hybridized carbons (Fsp3) is 0.688. The standard InChI is InChI=1S/C16H24N4O4S/c1-11-14(15(22)23)25-16(17-11)18-13(21)10-19-4-2-12(3-5-19)20-6-8-24-9-7-20/h12H,2-10H2,1H3,(H,22,23)(H,17,18,21). The zero-order valence-corrected chi connectivity index (χ0v) is 15.2. The summed E-state index contributed by atoms with van der Waals surface area (Å²) in [5.74, 6) is -1.16. The van der Waals surface area contributed by atoms with Gasteiger partial charge in [0.05, 0.1) is 25.5 Å². The second kappa shape index (κ2) is 8.22. The van der Waals surface area contributed by atoms with Crippen molar-refractivity contribution < 1.29 is 19.4 Å². The molecule has 3 rings (SSSR count). The minimum Gasteiger partial charge on any atom is -0.477 e. The first-order valence-corrected chi connectivity index (χ1v) is 9.39. The van der Waals surface area contributed by atoms with E-state index >= 15 is 0 Å². The molecule has 9 heteroatoms. The molecule has 1 aromatic rings. The van der Waals surface area contributed by atoms with Gasteiger partial charge in [-0.2, -0.15) is 0 Å². The molecule has 2 aliphatic heterocycles. The smallest absolute Gasteiger partial charge is 0.347 e. The van der Waals surface area contributed by atoms with Crippen molar-refractivity contribution in [1.29, 1.82) is 0 Å². The molecule has 0 spiro atoms. The molecular formula is C16H24N4O4S. The van der Waals surface area contributed by atoms with Crippen LogP contribution < -0.4 is 5.32 Å². The Labute approximate surface area is 150 Å². The van der Waals surface area contributed by atoms with Crippen LogP contribution >= 0.6 is 11.3 Å². The van der Waals surface area contributed by atoms with Crippen LogP contribution in [0.25, 0.3) is 0 Å². The summed E-state index contributed by atoms with van der Waals surface area (Å²) in [4.78, 5) is 32.1. The minimum absolute atomic E-state index is 0.143. The molecule has 2 fully saturated rings. The van der Waals surface area contributed by atoms with E-state index in [9.17, 15) is 9.59 Å². The van der Waals surface area contributed by atoms with Crippen molar-refractivity contribution in [3.05, 3.63) is 10.6 Å². The van der Waals surface area contributed by atoms with Gasteiger partial charge in [0, 0.05) is 32.2 Å². The van der Waals surface area contributed by atoms with Crippen LogP contribution in [0, 0.1) is 6.92 Å². The molecule has 0 unspecified atom stereocenters. The molecular weight excluding hydrogens is 344 g/mol. The molecule has 0 saturated carbocycles. The molecule has 3 heterocycles. The molecule has 0 radical (unpaired) electrons. The van der Waals surface area contributed by atoms with Gasteiger partial charge in [-0.3, -0.25) is 14.6 Å². The first-order valence-electron chi connectivity index (χ1n) is 8.57. The predicted octanol–water partition coefficient (Wildman–Crippen LogP) is 0.885. The van der Waals surface area contributed by atoms with Gasteiger partial charge in [-0.05, 0) is 19.8 Å². The van der Waals surface area contributed by atoms with Gasteiger partial charge in [-0.1, -0.05) is 11.3 Å². The zero-order chi connectivity index (χ0) is 17.8. The van der Waals surface area contributed by atoms with E-state index in [1.807, 2.05) is 0 Å². The largest absolute Gasteiger partial charge is 0.477 e. The molecule has 8 nitrogen and oxygen atoms in total. The fourth-order valence-electron chi connectivity index (χ4n) is 3.40. The average molecular weight is 368 g/mol. The first-order chi connectivity index (χ1) is 12.0. The van der Waals surface area contributed by atoms with Gasteiger partial charge >= 0.3 is 5.97 Å². The third kappa shape index (κ3) is 4.75. The van der Waals surface area contributed by atoms with Crippen LogP contribution in [-0.4, -0.2) is 83.7 Å². The highest BCUT2D eigenvalue weighted by molar-refractivity contribution is 7.17. The number of carbonyl (C=O) groups is 2. The number of aromatic carboxylic acids is 1. The van der Waals surface area contributed by atoms with Gasteiger partial charge in [0.1, 0.15) is 4.88 Å². The lowest BCUT2D eigenvalue weighted by atomic mass is 10.0. The van der Waals surface area contributed by atoms with Crippen LogP contribution in [0.2, 0.25) is 0 Å². The summed E-state index contributed by atoms with van der Waals surface area (Å²) in [6.07, 6.45) is 2.12. The number of morpholine rings is 1. The third-order valence-corrected chi connectivity index (χ3v) is 5.78. The first kappa shape index (κ1) is 18.2. The number of ether oxygens (including phenoxy) is 1. The number of piperidine rings is 1. The van der Waals surface area contributed by atoms with E-state index in [1.54, 1.807) is 6.92 Å². The number of aromatic nitrogens is 1. The summed E-state index contributed by atoms with van der Waals surface area (Å²) in [7, 11) is 0. The third-order valence-electron chi connectivity index (χ3n) is 4.72. The Kier molecular flexibility index (Phi) is 6.00. The highest BCUT2D eigenvalue weighted by Crippen LogP contribution is 2.22. The summed E-state index contributed by atoms with van der Waals surface area (Å²) in [5, 5.41) is 12.1. The molecule has 1 amide bonds. The number of carboxylic acid groups (broad SMARTS) is 1. The van der Waals surface area contributed by atoms with Crippen molar-refractivity contribution in [3.8, 4) is 0 Å². The van der Waals surface area contributed by atoms with Crippen LogP contribution in [-0.2, 0) is 9.53 Å². The van der Waals surface area contributed by atoms with Crippen molar-refractivity contribution in [2.45, 2.75) is 25.8 Å². The van der Waals surface area contributed by atoms with Gasteiger partial charge in [0.15, 0.2) is 5.13 Å². The lowest BCUT2D eigenvalue weighted by Crippen LogP contribution is -2.50. The number of carboxylic acids is 1. The second-order valence-corrected chi connectivity index (χ2v) is 7.44. The molecule has 0 bridgehead atoms. The molecule has 25 heavy (non-hydrogen) atoms. The number of anilines is 1. The zero-order valence-electron chi connectivity index (χ0n) is 14.4. The van der Waals surface area contributed by atoms with E-state index in [2.05, 4.69) is 20.1 Å². The maximum absolute atomic E-state index is 12.2. The number of amides is 1. The lowest BCUT2D eigenvalue weighted by Gasteiger charge is -2.39. The maximum atomic E-state index is 12.2. The normalized spacial score (nSPS) is 20.5. The van der Waals surface area contributed by atoms with Crippen LogP contribution in [0.1, 0.15) is 28.2 Å². The molecule has 138 valence electrons. The van der Waals surface area contributed by atoms with Crippen LogP contribution in [0.15, 0.2) is 0 Å². The summed E-state index contributed by atoms with van der Waals surface area (Å²) < 4.78 is 5.40. The molecule has 0 atom stereocenters. The molecule has 1 aromatic heterocycles. The Morgan fingerprint density at radius 3 is 2.56 bits per heavy atom. The Bertz CT molecular complexity index is 622. The Morgan fingerprint density at radius 1 is 1.28 bits per heavy atom. The summed E-state index contributed by atoms with van der Waals surface area (Å²) in [6.45, 7) is 7.37. The van der Waals surface area contributed by atoms with Crippen molar-refractivity contribution >= 4 is 28.3 Å². The van der Waals surface area contributed by atoms with E-state index in [-0.39, 0.29) is 10.8 Å². The van der Waals surface area contributed by atoms with Crippen molar-refractivity contribution in [3.63, 3.8) is 0 Å². The predicted molar refractivity (Wildman–Crippen MR) is 94.3 cm³/mol. The Hall–Kier alpha value is -1.55. The molecule has 2 N–H and O–H groups in total. The highest BCUT2D eigenvalue weighted by Gasteiger charge is 2.26. The summed E-state index contributed by atoms with van der Waals surface area (Å²) in [5.41, 5.74) is 0.430. The van der Waals surface area contributed by atoms with Gasteiger partial charge in [-0.25, -0.2) is 9.78 Å². The number of likely N-dealkylation sites (tertiary alicyclic amines) is 1. The Balaban J connectivity index is 1.44. The lowest BCUT2D eigenvalue weighted by molar-refractivity contribution is -0.117. The molecule has 0 aromatic carbocycles. The fourth-order valence-corrected chi connectivity index (χ4v) is 4.22. The van der Waals surface area contributed by atoms with Crippen LogP contribution in [0.5, 0.6) is 0 Å². The number of carbonyl (C=O) groups excluding carboxylic acids is 1. The van der Waals surface area contributed by atoms with E-state index in [4.69, 9.17) is 9.84 Å². The minimum atomic E-state index is -1.01. The number of thiazole rings is 1. The maximum Gasteiger partial charge on any atom is 0.347 e. The van der Waals surface area contributed by atoms with Gasteiger partial charge < -0.3 is 15.2 Å². The molecule has 0 aliphatic carbocycles. The average Bonchev–Trinajstić information content (AvgIpc) is 2.96. The number of rotatable bonds is 5. The number of hydrogen-bond donors (Lipinski definition) is 2. The van der Waals surface area contributed by atoms with Gasteiger partial charge in [0.2, 0.25) is 5.91 Å². The number of hydrogen-bond acceptors (Lipinski definition) is 7. The van der Waals surface area contributed by atoms with Crippen LogP contribution in [0.3, 0.4) is 0 Å². The quantitative estimate of drug-likeness (QED) is 0.797.